The summed E-state index contributed by atoms with van der Waals surface area (Å²) in [5, 5.41) is 0. The summed E-state index contributed by atoms with van der Waals surface area (Å²) in [4.78, 5) is 2.41. The number of alkyl halides is 1. The molecule has 0 bridgehead atoms. The van der Waals surface area contributed by atoms with Gasteiger partial charge in [-0.05, 0) is 37.5 Å². The predicted octanol–water partition coefficient (Wildman–Crippen LogP) is 3.99. The van der Waals surface area contributed by atoms with Crippen molar-refractivity contribution in [1.29, 1.82) is 0 Å². The Bertz CT molecular complexity index is 368. The number of hydrogen-bond acceptors (Lipinski definition) is 2. The van der Waals surface area contributed by atoms with Crippen LogP contribution in [0.5, 0.6) is 0 Å². The Kier molecular flexibility index (Phi) is 6.51. The number of halogens is 1. The van der Waals surface area contributed by atoms with Crippen molar-refractivity contribution in [3.63, 3.8) is 0 Å². The van der Waals surface area contributed by atoms with E-state index < -0.39 is 0 Å². The highest BCUT2D eigenvalue weighted by molar-refractivity contribution is 6.17. The molecule has 3 heteroatoms. The van der Waals surface area contributed by atoms with Crippen LogP contribution in [0, 0.1) is 6.92 Å². The lowest BCUT2D eigenvalue weighted by atomic mass is 10.1. The molecule has 0 heterocycles. The summed E-state index contributed by atoms with van der Waals surface area (Å²) in [6.45, 7) is 8.29. The minimum absolute atomic E-state index is 0.515. The zero-order valence-corrected chi connectivity index (χ0v) is 12.6. The van der Waals surface area contributed by atoms with Crippen molar-refractivity contribution < 1.29 is 4.74 Å². The van der Waals surface area contributed by atoms with Crippen molar-refractivity contribution in [2.24, 2.45) is 0 Å². The molecule has 2 nitrogen and oxygen atoms in total. The Morgan fingerprint density at radius 3 is 2.61 bits per heavy atom. The SMILES string of the molecule is CCC(C)N(CCOC)c1ccc(CCl)cc1C. The Hall–Kier alpha value is -0.730. The smallest absolute Gasteiger partial charge is 0.0637 e. The number of hydrogen-bond donors (Lipinski definition) is 0. The minimum Gasteiger partial charge on any atom is -0.383 e. The van der Waals surface area contributed by atoms with Crippen LogP contribution < -0.4 is 4.90 Å². The molecule has 0 aliphatic carbocycles. The molecule has 0 aliphatic heterocycles. The van der Waals surface area contributed by atoms with Gasteiger partial charge in [-0.25, -0.2) is 0 Å². The molecule has 1 atom stereocenters. The maximum Gasteiger partial charge on any atom is 0.0637 e. The van der Waals surface area contributed by atoms with Crippen LogP contribution in [-0.4, -0.2) is 26.3 Å². The van der Waals surface area contributed by atoms with Gasteiger partial charge in [0, 0.05) is 31.3 Å². The van der Waals surface area contributed by atoms with Crippen LogP contribution in [0.15, 0.2) is 18.2 Å². The maximum absolute atomic E-state index is 5.87. The molecule has 1 aromatic rings. The molecule has 0 aliphatic rings. The van der Waals surface area contributed by atoms with Gasteiger partial charge in [0.1, 0.15) is 0 Å². The van der Waals surface area contributed by atoms with Gasteiger partial charge in [0.15, 0.2) is 0 Å². The fourth-order valence-corrected chi connectivity index (χ4v) is 2.28. The van der Waals surface area contributed by atoms with Gasteiger partial charge in [-0.3, -0.25) is 0 Å². The number of methoxy groups -OCH3 is 1. The van der Waals surface area contributed by atoms with Crippen LogP contribution in [-0.2, 0) is 10.6 Å². The third-order valence-electron chi connectivity index (χ3n) is 3.38. The van der Waals surface area contributed by atoms with Crippen molar-refractivity contribution in [3.8, 4) is 0 Å². The van der Waals surface area contributed by atoms with Gasteiger partial charge in [-0.2, -0.15) is 0 Å². The number of benzene rings is 1. The van der Waals surface area contributed by atoms with E-state index in [1.54, 1.807) is 7.11 Å². The van der Waals surface area contributed by atoms with E-state index in [4.69, 9.17) is 16.3 Å². The second-order valence-corrected chi connectivity index (χ2v) is 4.97. The first-order chi connectivity index (χ1) is 8.63. The fraction of sp³-hybridized carbons (Fsp3) is 0.600. The number of aryl methyl sites for hydroxylation is 1. The molecule has 0 saturated carbocycles. The summed E-state index contributed by atoms with van der Waals surface area (Å²) in [7, 11) is 1.75. The van der Waals surface area contributed by atoms with Crippen molar-refractivity contribution in [2.45, 2.75) is 39.1 Å². The highest BCUT2D eigenvalue weighted by Crippen LogP contribution is 2.24. The van der Waals surface area contributed by atoms with E-state index in [1.807, 2.05) is 0 Å². The third kappa shape index (κ3) is 3.89. The van der Waals surface area contributed by atoms with Gasteiger partial charge >= 0.3 is 0 Å². The highest BCUT2D eigenvalue weighted by Gasteiger charge is 2.14. The van der Waals surface area contributed by atoms with Gasteiger partial charge in [-0.1, -0.05) is 19.1 Å². The van der Waals surface area contributed by atoms with Crippen LogP contribution in [0.2, 0.25) is 0 Å². The van der Waals surface area contributed by atoms with Crippen LogP contribution in [0.1, 0.15) is 31.4 Å². The predicted molar refractivity (Wildman–Crippen MR) is 79.7 cm³/mol. The van der Waals surface area contributed by atoms with E-state index in [1.165, 1.54) is 16.8 Å². The lowest BCUT2D eigenvalue weighted by Crippen LogP contribution is -2.35. The van der Waals surface area contributed by atoms with Crippen LogP contribution in [0.25, 0.3) is 0 Å². The first-order valence-corrected chi connectivity index (χ1v) is 7.08. The molecule has 0 N–H and O–H groups in total. The Balaban J connectivity index is 2.96. The molecule has 0 amide bonds. The van der Waals surface area contributed by atoms with E-state index >= 15 is 0 Å². The molecule has 1 aromatic carbocycles. The Labute approximate surface area is 116 Å². The van der Waals surface area contributed by atoms with E-state index in [0.717, 1.165) is 19.6 Å². The van der Waals surface area contributed by atoms with E-state index in [0.29, 0.717) is 11.9 Å². The third-order valence-corrected chi connectivity index (χ3v) is 3.69. The number of anilines is 1. The zero-order valence-electron chi connectivity index (χ0n) is 11.9. The van der Waals surface area contributed by atoms with E-state index in [2.05, 4.69) is 43.9 Å². The van der Waals surface area contributed by atoms with Crippen LogP contribution >= 0.6 is 11.6 Å². The highest BCUT2D eigenvalue weighted by atomic mass is 35.5. The first-order valence-electron chi connectivity index (χ1n) is 6.55. The van der Waals surface area contributed by atoms with Crippen molar-refractivity contribution in [3.05, 3.63) is 29.3 Å². The van der Waals surface area contributed by atoms with Crippen LogP contribution in [0.4, 0.5) is 5.69 Å². The second kappa shape index (κ2) is 7.65. The minimum atomic E-state index is 0.515. The summed E-state index contributed by atoms with van der Waals surface area (Å²) in [6, 6.07) is 6.97. The van der Waals surface area contributed by atoms with Crippen molar-refractivity contribution in [2.75, 3.05) is 25.2 Å². The molecule has 0 aromatic heterocycles. The summed E-state index contributed by atoms with van der Waals surface area (Å²) >= 11 is 5.87. The van der Waals surface area contributed by atoms with E-state index in [-0.39, 0.29) is 0 Å². The largest absolute Gasteiger partial charge is 0.383 e. The zero-order chi connectivity index (χ0) is 13.5. The molecule has 0 saturated heterocycles. The van der Waals surface area contributed by atoms with Gasteiger partial charge in [0.05, 0.1) is 6.61 Å². The quantitative estimate of drug-likeness (QED) is 0.694. The molecule has 0 fully saturated rings. The Morgan fingerprint density at radius 1 is 1.39 bits per heavy atom. The van der Waals surface area contributed by atoms with E-state index in [9.17, 15) is 0 Å². The van der Waals surface area contributed by atoms with Gasteiger partial charge in [0.25, 0.3) is 0 Å². The van der Waals surface area contributed by atoms with Crippen molar-refractivity contribution >= 4 is 17.3 Å². The molecule has 0 spiro atoms. The molecular weight excluding hydrogens is 246 g/mol. The maximum atomic E-state index is 5.87. The second-order valence-electron chi connectivity index (χ2n) is 4.70. The molecule has 18 heavy (non-hydrogen) atoms. The average molecular weight is 270 g/mol. The number of ether oxygens (including phenoxy) is 1. The summed E-state index contributed by atoms with van der Waals surface area (Å²) in [6.07, 6.45) is 1.13. The van der Waals surface area contributed by atoms with Crippen molar-refractivity contribution in [1.82, 2.24) is 0 Å². The fourth-order valence-electron chi connectivity index (χ4n) is 2.11. The lowest BCUT2D eigenvalue weighted by Gasteiger charge is -2.32. The standard InChI is InChI=1S/C15H24ClNO/c1-5-13(3)17(8-9-18-4)15-7-6-14(11-16)10-12(15)2/h6-7,10,13H,5,8-9,11H2,1-4H3. The molecule has 0 radical (unpaired) electrons. The molecule has 102 valence electrons. The first kappa shape index (κ1) is 15.3. The van der Waals surface area contributed by atoms with Gasteiger partial charge in [0.2, 0.25) is 0 Å². The topological polar surface area (TPSA) is 12.5 Å². The number of nitrogens with zero attached hydrogens (tertiary/aromatic N) is 1. The normalized spacial score (nSPS) is 12.5. The Morgan fingerprint density at radius 2 is 2.11 bits per heavy atom. The molecule has 1 unspecified atom stereocenters. The van der Waals surface area contributed by atoms with Gasteiger partial charge < -0.3 is 9.64 Å². The van der Waals surface area contributed by atoms with Crippen LogP contribution in [0.3, 0.4) is 0 Å². The monoisotopic (exact) mass is 269 g/mol. The summed E-state index contributed by atoms with van der Waals surface area (Å²) in [5.41, 5.74) is 3.74. The number of rotatable bonds is 7. The lowest BCUT2D eigenvalue weighted by molar-refractivity contribution is 0.203. The molecular formula is C15H24ClNO. The summed E-state index contributed by atoms with van der Waals surface area (Å²) in [5.74, 6) is 0.572. The molecule has 1 rings (SSSR count). The summed E-state index contributed by atoms with van der Waals surface area (Å²) < 4.78 is 5.21. The average Bonchev–Trinajstić information content (AvgIpc) is 2.39. The van der Waals surface area contributed by atoms with Gasteiger partial charge in [-0.15, -0.1) is 11.6 Å².